The Balaban J connectivity index is 1.83. The molecule has 0 saturated heterocycles. The zero-order valence-electron chi connectivity index (χ0n) is 12.6. The van der Waals surface area contributed by atoms with E-state index in [1.807, 2.05) is 19.1 Å². The average molecular weight is 303 g/mol. The number of phenolic OH excluding ortho intramolecular Hbond substituents is 1. The number of rotatable bonds is 7. The topological polar surface area (TPSA) is 101 Å². The summed E-state index contributed by atoms with van der Waals surface area (Å²) >= 11 is 0. The van der Waals surface area contributed by atoms with E-state index in [-0.39, 0.29) is 23.4 Å². The first-order valence-corrected chi connectivity index (χ1v) is 7.37. The number of nitrogens with two attached hydrogens (primary N) is 1. The first-order chi connectivity index (χ1) is 10.6. The number of oxazole rings is 1. The van der Waals surface area contributed by atoms with Gasteiger partial charge in [-0.05, 0) is 30.5 Å². The maximum absolute atomic E-state index is 12.0. The van der Waals surface area contributed by atoms with Crippen LogP contribution in [-0.2, 0) is 6.42 Å². The third kappa shape index (κ3) is 4.33. The largest absolute Gasteiger partial charge is 0.508 e. The molecule has 2 rings (SSSR count). The predicted octanol–water partition coefficient (Wildman–Crippen LogP) is 2.15. The molecule has 0 spiro atoms. The van der Waals surface area contributed by atoms with Crippen LogP contribution in [0.1, 0.15) is 47.7 Å². The third-order valence-electron chi connectivity index (χ3n) is 3.31. The second-order valence-corrected chi connectivity index (χ2v) is 5.14. The second kappa shape index (κ2) is 7.61. The van der Waals surface area contributed by atoms with Crippen LogP contribution >= 0.6 is 0 Å². The molecule has 2 aromatic rings. The van der Waals surface area contributed by atoms with Crippen LogP contribution in [0, 0.1) is 0 Å². The van der Waals surface area contributed by atoms with Gasteiger partial charge in [0.25, 0.3) is 5.91 Å². The zero-order valence-corrected chi connectivity index (χ0v) is 12.6. The monoisotopic (exact) mass is 303 g/mol. The van der Waals surface area contributed by atoms with Gasteiger partial charge in [0.05, 0.1) is 6.04 Å². The van der Waals surface area contributed by atoms with Crippen molar-refractivity contribution < 1.29 is 14.3 Å². The summed E-state index contributed by atoms with van der Waals surface area (Å²) in [4.78, 5) is 16.1. The summed E-state index contributed by atoms with van der Waals surface area (Å²) in [6, 6.07) is 6.61. The highest BCUT2D eigenvalue weighted by atomic mass is 16.3. The lowest BCUT2D eigenvalue weighted by Crippen LogP contribution is -2.26. The Kier molecular flexibility index (Phi) is 5.55. The van der Waals surface area contributed by atoms with Crippen LogP contribution in [0.15, 0.2) is 34.9 Å². The lowest BCUT2D eigenvalue weighted by Gasteiger charge is -2.04. The third-order valence-corrected chi connectivity index (χ3v) is 3.31. The molecule has 6 nitrogen and oxygen atoms in total. The molecule has 0 fully saturated rings. The van der Waals surface area contributed by atoms with Crippen molar-refractivity contribution in [3.63, 3.8) is 0 Å². The van der Waals surface area contributed by atoms with Crippen LogP contribution in [-0.4, -0.2) is 22.5 Å². The van der Waals surface area contributed by atoms with E-state index in [0.717, 1.165) is 18.4 Å². The molecular weight excluding hydrogens is 282 g/mol. The Morgan fingerprint density at radius 3 is 2.82 bits per heavy atom. The average Bonchev–Trinajstić information content (AvgIpc) is 2.99. The minimum absolute atomic E-state index is 0.228. The Morgan fingerprint density at radius 1 is 1.41 bits per heavy atom. The van der Waals surface area contributed by atoms with Crippen molar-refractivity contribution in [2.24, 2.45) is 5.73 Å². The number of amides is 1. The normalized spacial score (nSPS) is 12.1. The van der Waals surface area contributed by atoms with E-state index in [1.54, 1.807) is 12.1 Å². The highest BCUT2D eigenvalue weighted by Gasteiger charge is 2.16. The Labute approximate surface area is 129 Å². The van der Waals surface area contributed by atoms with Gasteiger partial charge in [0.2, 0.25) is 5.89 Å². The molecular formula is C16H21N3O3. The van der Waals surface area contributed by atoms with Gasteiger partial charge < -0.3 is 20.6 Å². The predicted molar refractivity (Wildman–Crippen MR) is 82.5 cm³/mol. The van der Waals surface area contributed by atoms with Crippen LogP contribution in [0.2, 0.25) is 0 Å². The number of phenols is 1. The van der Waals surface area contributed by atoms with Gasteiger partial charge in [-0.25, -0.2) is 4.98 Å². The molecule has 1 amide bonds. The van der Waals surface area contributed by atoms with Crippen molar-refractivity contribution in [2.45, 2.75) is 32.2 Å². The van der Waals surface area contributed by atoms with Gasteiger partial charge in [-0.2, -0.15) is 0 Å². The fourth-order valence-electron chi connectivity index (χ4n) is 2.07. The number of carbonyl (C=O) groups excluding carboxylic acids is 1. The molecule has 1 atom stereocenters. The molecule has 0 saturated carbocycles. The second-order valence-electron chi connectivity index (χ2n) is 5.14. The standard InChI is InChI=1S/C16H21N3O3/c1-2-3-13(17)16-19-14(10-22-16)15(21)18-9-8-11-4-6-12(20)7-5-11/h4-7,10,13,20H,2-3,8-9,17H2,1H3,(H,18,21). The lowest BCUT2D eigenvalue weighted by molar-refractivity contribution is 0.0949. The number of aromatic nitrogens is 1. The van der Waals surface area contributed by atoms with Crippen LogP contribution < -0.4 is 11.1 Å². The summed E-state index contributed by atoms with van der Waals surface area (Å²) in [5, 5.41) is 12.0. The van der Waals surface area contributed by atoms with Crippen molar-refractivity contribution in [3.05, 3.63) is 47.7 Å². The number of benzene rings is 1. The van der Waals surface area contributed by atoms with E-state index >= 15 is 0 Å². The Hall–Kier alpha value is -2.34. The summed E-state index contributed by atoms with van der Waals surface area (Å²) in [5.74, 6) is 0.342. The van der Waals surface area contributed by atoms with Gasteiger partial charge in [0.15, 0.2) is 5.69 Å². The molecule has 1 unspecified atom stereocenters. The van der Waals surface area contributed by atoms with Crippen molar-refractivity contribution >= 4 is 5.91 Å². The Morgan fingerprint density at radius 2 is 2.14 bits per heavy atom. The highest BCUT2D eigenvalue weighted by molar-refractivity contribution is 5.91. The van der Waals surface area contributed by atoms with E-state index in [4.69, 9.17) is 10.2 Å². The van der Waals surface area contributed by atoms with E-state index < -0.39 is 0 Å². The molecule has 1 aromatic heterocycles. The smallest absolute Gasteiger partial charge is 0.273 e. The fraction of sp³-hybridized carbons (Fsp3) is 0.375. The maximum atomic E-state index is 12.0. The van der Waals surface area contributed by atoms with Gasteiger partial charge in [0.1, 0.15) is 12.0 Å². The van der Waals surface area contributed by atoms with E-state index in [9.17, 15) is 9.90 Å². The van der Waals surface area contributed by atoms with E-state index in [2.05, 4.69) is 10.3 Å². The van der Waals surface area contributed by atoms with Crippen molar-refractivity contribution in [1.82, 2.24) is 10.3 Å². The van der Waals surface area contributed by atoms with Crippen LogP contribution in [0.3, 0.4) is 0 Å². The summed E-state index contributed by atoms with van der Waals surface area (Å²) in [5.41, 5.74) is 7.17. The number of nitrogens with zero attached hydrogens (tertiary/aromatic N) is 1. The number of hydrogen-bond acceptors (Lipinski definition) is 5. The lowest BCUT2D eigenvalue weighted by atomic mass is 10.1. The summed E-state index contributed by atoms with van der Waals surface area (Å²) in [6.07, 6.45) is 3.70. The highest BCUT2D eigenvalue weighted by Crippen LogP contribution is 2.15. The molecule has 4 N–H and O–H groups in total. The van der Waals surface area contributed by atoms with Gasteiger partial charge >= 0.3 is 0 Å². The van der Waals surface area contributed by atoms with Gasteiger partial charge in [-0.3, -0.25) is 4.79 Å². The van der Waals surface area contributed by atoms with Gasteiger partial charge in [-0.1, -0.05) is 25.5 Å². The molecule has 0 bridgehead atoms. The molecule has 1 aromatic carbocycles. The SMILES string of the molecule is CCCC(N)c1nc(C(=O)NCCc2ccc(O)cc2)co1. The summed E-state index contributed by atoms with van der Waals surface area (Å²) in [6.45, 7) is 2.51. The number of nitrogens with one attached hydrogen (secondary N) is 1. The van der Waals surface area contributed by atoms with Crippen molar-refractivity contribution in [3.8, 4) is 5.75 Å². The molecule has 1 heterocycles. The van der Waals surface area contributed by atoms with Crippen LogP contribution in [0.5, 0.6) is 5.75 Å². The first kappa shape index (κ1) is 16.0. The van der Waals surface area contributed by atoms with Gasteiger partial charge in [0, 0.05) is 6.54 Å². The van der Waals surface area contributed by atoms with Crippen molar-refractivity contribution in [2.75, 3.05) is 6.54 Å². The van der Waals surface area contributed by atoms with E-state index in [1.165, 1.54) is 6.26 Å². The van der Waals surface area contributed by atoms with Crippen molar-refractivity contribution in [1.29, 1.82) is 0 Å². The van der Waals surface area contributed by atoms with Crippen LogP contribution in [0.25, 0.3) is 0 Å². The van der Waals surface area contributed by atoms with E-state index in [0.29, 0.717) is 18.9 Å². The molecule has 0 aliphatic carbocycles. The zero-order chi connectivity index (χ0) is 15.9. The number of hydrogen-bond donors (Lipinski definition) is 3. The first-order valence-electron chi connectivity index (χ1n) is 7.37. The number of aromatic hydroxyl groups is 1. The summed E-state index contributed by atoms with van der Waals surface area (Å²) < 4.78 is 5.25. The molecule has 0 aliphatic rings. The summed E-state index contributed by atoms with van der Waals surface area (Å²) in [7, 11) is 0. The van der Waals surface area contributed by atoms with Gasteiger partial charge in [-0.15, -0.1) is 0 Å². The molecule has 0 aliphatic heterocycles. The number of carbonyl (C=O) groups is 1. The minimum Gasteiger partial charge on any atom is -0.508 e. The minimum atomic E-state index is -0.280. The Bertz CT molecular complexity index is 607. The fourth-order valence-corrected chi connectivity index (χ4v) is 2.07. The maximum Gasteiger partial charge on any atom is 0.273 e. The molecule has 118 valence electrons. The molecule has 6 heteroatoms. The molecule has 22 heavy (non-hydrogen) atoms. The molecule has 0 radical (unpaired) electrons. The quantitative estimate of drug-likeness (QED) is 0.727. The van der Waals surface area contributed by atoms with Crippen LogP contribution in [0.4, 0.5) is 0 Å².